The van der Waals surface area contributed by atoms with Crippen LogP contribution in [-0.2, 0) is 22.9 Å². The van der Waals surface area contributed by atoms with Gasteiger partial charge < -0.3 is 0 Å². The van der Waals surface area contributed by atoms with Crippen LogP contribution in [0.4, 0.5) is 5.69 Å². The van der Waals surface area contributed by atoms with E-state index in [0.717, 1.165) is 34.9 Å². The first kappa shape index (κ1) is 14.6. The third kappa shape index (κ3) is 2.99. The number of halogens is 1. The van der Waals surface area contributed by atoms with Gasteiger partial charge in [-0.05, 0) is 73.2 Å². The zero-order valence-corrected chi connectivity index (χ0v) is 14.1. The summed E-state index contributed by atoms with van der Waals surface area (Å²) in [5, 5.41) is 0. The van der Waals surface area contributed by atoms with Crippen molar-refractivity contribution in [2.45, 2.75) is 31.1 Å². The Kier molecular flexibility index (Phi) is 3.80. The number of benzene rings is 2. The smallest absolute Gasteiger partial charge is 0.261 e. The number of sulfonamides is 1. The van der Waals surface area contributed by atoms with Gasteiger partial charge in [0.2, 0.25) is 0 Å². The quantitative estimate of drug-likeness (QED) is 0.891. The first-order valence-corrected chi connectivity index (χ1v) is 9.14. The van der Waals surface area contributed by atoms with Crippen molar-refractivity contribution < 1.29 is 8.42 Å². The lowest BCUT2D eigenvalue weighted by Crippen LogP contribution is -2.13. The lowest BCUT2D eigenvalue weighted by atomic mass is 10.1. The minimum absolute atomic E-state index is 0.337. The predicted octanol–water partition coefficient (Wildman–Crippen LogP) is 4.05. The van der Waals surface area contributed by atoms with Crippen LogP contribution in [0.15, 0.2) is 45.8 Å². The zero-order chi connectivity index (χ0) is 15.0. The Balaban J connectivity index is 1.91. The molecule has 0 heterocycles. The first-order chi connectivity index (χ1) is 9.95. The molecule has 0 saturated heterocycles. The van der Waals surface area contributed by atoms with Crippen LogP contribution in [0.3, 0.4) is 0 Å². The maximum atomic E-state index is 12.5. The summed E-state index contributed by atoms with van der Waals surface area (Å²) in [4.78, 5) is 0.337. The van der Waals surface area contributed by atoms with Crippen LogP contribution in [0.2, 0.25) is 0 Å². The molecule has 0 spiro atoms. The monoisotopic (exact) mass is 365 g/mol. The SMILES string of the molecule is Cc1cc(NS(=O)(=O)c2ccc3c(c2)CCC3)ccc1Br. The van der Waals surface area contributed by atoms with Gasteiger partial charge in [0.15, 0.2) is 0 Å². The van der Waals surface area contributed by atoms with Crippen LogP contribution in [0.5, 0.6) is 0 Å². The second-order valence-electron chi connectivity index (χ2n) is 5.35. The molecule has 1 aliphatic carbocycles. The van der Waals surface area contributed by atoms with Crippen LogP contribution < -0.4 is 4.72 Å². The maximum Gasteiger partial charge on any atom is 0.261 e. The van der Waals surface area contributed by atoms with Crippen LogP contribution in [0, 0.1) is 6.92 Å². The molecular formula is C16H16BrNO2S. The van der Waals surface area contributed by atoms with E-state index < -0.39 is 10.0 Å². The van der Waals surface area contributed by atoms with Crippen LogP contribution in [-0.4, -0.2) is 8.42 Å². The largest absolute Gasteiger partial charge is 0.280 e. The molecule has 0 aliphatic heterocycles. The molecule has 2 aromatic rings. The van der Waals surface area contributed by atoms with E-state index in [1.807, 2.05) is 25.1 Å². The molecular weight excluding hydrogens is 350 g/mol. The number of aryl methyl sites for hydroxylation is 3. The molecule has 21 heavy (non-hydrogen) atoms. The molecule has 0 fully saturated rings. The van der Waals surface area contributed by atoms with Crippen molar-refractivity contribution in [2.75, 3.05) is 4.72 Å². The highest BCUT2D eigenvalue weighted by Crippen LogP contribution is 2.26. The van der Waals surface area contributed by atoms with E-state index in [1.54, 1.807) is 18.2 Å². The highest BCUT2D eigenvalue weighted by atomic mass is 79.9. The normalized spacial score (nSPS) is 14.0. The number of hydrogen-bond acceptors (Lipinski definition) is 2. The summed E-state index contributed by atoms with van der Waals surface area (Å²) in [7, 11) is -3.53. The Morgan fingerprint density at radius 2 is 1.81 bits per heavy atom. The van der Waals surface area contributed by atoms with Crippen molar-refractivity contribution in [3.05, 3.63) is 57.6 Å². The Morgan fingerprint density at radius 3 is 2.57 bits per heavy atom. The highest BCUT2D eigenvalue weighted by Gasteiger charge is 2.18. The van der Waals surface area contributed by atoms with Crippen molar-refractivity contribution in [2.24, 2.45) is 0 Å². The van der Waals surface area contributed by atoms with Gasteiger partial charge in [-0.3, -0.25) is 4.72 Å². The third-order valence-electron chi connectivity index (χ3n) is 3.79. The number of fused-ring (bicyclic) bond motifs is 1. The average molecular weight is 366 g/mol. The first-order valence-electron chi connectivity index (χ1n) is 6.86. The number of anilines is 1. The fraction of sp³-hybridized carbons (Fsp3) is 0.250. The molecule has 0 amide bonds. The van der Waals surface area contributed by atoms with E-state index in [4.69, 9.17) is 0 Å². The molecule has 0 saturated carbocycles. The topological polar surface area (TPSA) is 46.2 Å². The maximum absolute atomic E-state index is 12.5. The van der Waals surface area contributed by atoms with Gasteiger partial charge in [-0.25, -0.2) is 8.42 Å². The van der Waals surface area contributed by atoms with Crippen LogP contribution in [0.25, 0.3) is 0 Å². The van der Waals surface area contributed by atoms with E-state index in [2.05, 4.69) is 20.7 Å². The van der Waals surface area contributed by atoms with Gasteiger partial charge in [-0.2, -0.15) is 0 Å². The van der Waals surface area contributed by atoms with Crippen molar-refractivity contribution in [3.63, 3.8) is 0 Å². The van der Waals surface area contributed by atoms with Gasteiger partial charge in [0, 0.05) is 10.2 Å². The summed E-state index contributed by atoms with van der Waals surface area (Å²) >= 11 is 3.41. The van der Waals surface area contributed by atoms with Gasteiger partial charge in [0.1, 0.15) is 0 Å². The molecule has 0 unspecified atom stereocenters. The van der Waals surface area contributed by atoms with Crippen LogP contribution in [0.1, 0.15) is 23.1 Å². The summed E-state index contributed by atoms with van der Waals surface area (Å²) in [6.45, 7) is 1.93. The van der Waals surface area contributed by atoms with Crippen molar-refractivity contribution in [3.8, 4) is 0 Å². The van der Waals surface area contributed by atoms with Gasteiger partial charge in [0.25, 0.3) is 10.0 Å². The lowest BCUT2D eigenvalue weighted by Gasteiger charge is -2.10. The zero-order valence-electron chi connectivity index (χ0n) is 11.7. The fourth-order valence-corrected chi connectivity index (χ4v) is 3.98. The molecule has 5 heteroatoms. The third-order valence-corrected chi connectivity index (χ3v) is 6.06. The molecule has 3 nitrogen and oxygen atoms in total. The van der Waals surface area contributed by atoms with E-state index in [1.165, 1.54) is 5.56 Å². The van der Waals surface area contributed by atoms with E-state index >= 15 is 0 Å². The standard InChI is InChI=1S/C16H16BrNO2S/c1-11-9-14(6-8-16(11)17)18-21(19,20)15-7-5-12-3-2-4-13(12)10-15/h5-10,18H,2-4H2,1H3. The second kappa shape index (κ2) is 5.46. The Labute approximate surface area is 133 Å². The second-order valence-corrected chi connectivity index (χ2v) is 7.89. The molecule has 0 radical (unpaired) electrons. The van der Waals surface area contributed by atoms with E-state index in [0.29, 0.717) is 10.6 Å². The molecule has 0 aromatic heterocycles. The number of nitrogens with one attached hydrogen (secondary N) is 1. The molecule has 0 atom stereocenters. The lowest BCUT2D eigenvalue weighted by molar-refractivity contribution is 0.601. The Bertz CT molecular complexity index is 800. The summed E-state index contributed by atoms with van der Waals surface area (Å²) in [5.74, 6) is 0. The van der Waals surface area contributed by atoms with Crippen molar-refractivity contribution in [1.82, 2.24) is 0 Å². The summed E-state index contributed by atoms with van der Waals surface area (Å²) < 4.78 is 28.6. The number of rotatable bonds is 3. The van der Waals surface area contributed by atoms with Gasteiger partial charge in [-0.1, -0.05) is 22.0 Å². The predicted molar refractivity (Wildman–Crippen MR) is 88.2 cm³/mol. The van der Waals surface area contributed by atoms with Gasteiger partial charge in [0.05, 0.1) is 4.90 Å². The molecule has 3 rings (SSSR count). The Hall–Kier alpha value is -1.33. The molecule has 1 N–H and O–H groups in total. The van der Waals surface area contributed by atoms with E-state index in [-0.39, 0.29) is 0 Å². The fourth-order valence-electron chi connectivity index (χ4n) is 2.64. The minimum Gasteiger partial charge on any atom is -0.280 e. The van der Waals surface area contributed by atoms with Gasteiger partial charge >= 0.3 is 0 Å². The molecule has 2 aromatic carbocycles. The molecule has 1 aliphatic rings. The Morgan fingerprint density at radius 1 is 1.05 bits per heavy atom. The summed E-state index contributed by atoms with van der Waals surface area (Å²) in [5.41, 5.74) is 4.00. The van der Waals surface area contributed by atoms with Crippen LogP contribution >= 0.6 is 15.9 Å². The number of hydrogen-bond donors (Lipinski definition) is 1. The summed E-state index contributed by atoms with van der Waals surface area (Å²) in [6, 6.07) is 10.8. The van der Waals surface area contributed by atoms with Crippen molar-refractivity contribution >= 4 is 31.6 Å². The highest BCUT2D eigenvalue weighted by molar-refractivity contribution is 9.10. The van der Waals surface area contributed by atoms with Crippen molar-refractivity contribution in [1.29, 1.82) is 0 Å². The van der Waals surface area contributed by atoms with E-state index in [9.17, 15) is 8.42 Å². The molecule has 110 valence electrons. The molecule has 0 bridgehead atoms. The average Bonchev–Trinajstić information content (AvgIpc) is 2.90. The van der Waals surface area contributed by atoms with Gasteiger partial charge in [-0.15, -0.1) is 0 Å². The minimum atomic E-state index is -3.53. The summed E-state index contributed by atoms with van der Waals surface area (Å²) in [6.07, 6.45) is 3.13.